The normalized spacial score (nSPS) is 11.0. The molecular formula is C16H10F2O4. The van der Waals surface area contributed by atoms with E-state index in [0.717, 1.165) is 12.1 Å². The van der Waals surface area contributed by atoms with Crippen molar-refractivity contribution < 1.29 is 23.4 Å². The summed E-state index contributed by atoms with van der Waals surface area (Å²) in [5.74, 6) is -3.54. The molecule has 0 unspecified atom stereocenters. The van der Waals surface area contributed by atoms with E-state index in [0.29, 0.717) is 0 Å². The van der Waals surface area contributed by atoms with Gasteiger partial charge in [-0.15, -0.1) is 0 Å². The van der Waals surface area contributed by atoms with Crippen molar-refractivity contribution in [2.24, 2.45) is 0 Å². The molecule has 2 aromatic carbocycles. The molecule has 0 aliphatic rings. The number of aromatic hydroxyl groups is 2. The number of rotatable bonds is 1. The summed E-state index contributed by atoms with van der Waals surface area (Å²) in [5.41, 5.74) is -0.125. The van der Waals surface area contributed by atoms with Crippen LogP contribution < -0.4 is 5.43 Å². The Morgan fingerprint density at radius 3 is 2.32 bits per heavy atom. The van der Waals surface area contributed by atoms with Crippen LogP contribution in [0.15, 0.2) is 39.5 Å². The van der Waals surface area contributed by atoms with Gasteiger partial charge in [0.25, 0.3) is 0 Å². The Labute approximate surface area is 122 Å². The van der Waals surface area contributed by atoms with Gasteiger partial charge in [0, 0.05) is 17.2 Å². The third-order valence-corrected chi connectivity index (χ3v) is 3.38. The standard InChI is InChI=1S/C16H10F2O4/c1-7-14(20)10-3-2-9(19)6-13(10)22-16(7)8-4-11(17)15(21)12(18)5-8/h2-6,19,21H,1H3. The average Bonchev–Trinajstić information content (AvgIpc) is 2.47. The first-order chi connectivity index (χ1) is 10.4. The molecule has 0 amide bonds. The van der Waals surface area contributed by atoms with Gasteiger partial charge >= 0.3 is 0 Å². The minimum Gasteiger partial charge on any atom is -0.508 e. The van der Waals surface area contributed by atoms with Crippen LogP contribution >= 0.6 is 0 Å². The summed E-state index contributed by atoms with van der Waals surface area (Å²) in [7, 11) is 0. The molecule has 0 saturated carbocycles. The van der Waals surface area contributed by atoms with Gasteiger partial charge in [0.15, 0.2) is 22.8 Å². The molecule has 4 nitrogen and oxygen atoms in total. The van der Waals surface area contributed by atoms with Crippen LogP contribution in [0.3, 0.4) is 0 Å². The molecule has 0 atom stereocenters. The molecule has 0 aliphatic heterocycles. The molecule has 0 radical (unpaired) electrons. The second-order valence-corrected chi connectivity index (χ2v) is 4.85. The van der Waals surface area contributed by atoms with Crippen LogP contribution in [0, 0.1) is 18.6 Å². The number of halogens is 2. The van der Waals surface area contributed by atoms with Crippen molar-refractivity contribution in [1.82, 2.24) is 0 Å². The van der Waals surface area contributed by atoms with Gasteiger partial charge in [0.2, 0.25) is 0 Å². The highest BCUT2D eigenvalue weighted by Gasteiger charge is 2.17. The van der Waals surface area contributed by atoms with Gasteiger partial charge in [-0.05, 0) is 31.2 Å². The van der Waals surface area contributed by atoms with Crippen molar-refractivity contribution in [3.05, 3.63) is 57.8 Å². The summed E-state index contributed by atoms with van der Waals surface area (Å²) in [6.07, 6.45) is 0. The fraction of sp³-hybridized carbons (Fsp3) is 0.0625. The quantitative estimate of drug-likeness (QED) is 0.722. The van der Waals surface area contributed by atoms with Crippen molar-refractivity contribution in [2.75, 3.05) is 0 Å². The lowest BCUT2D eigenvalue weighted by Gasteiger charge is -2.08. The molecule has 3 rings (SSSR count). The van der Waals surface area contributed by atoms with Crippen LogP contribution in [0.2, 0.25) is 0 Å². The highest BCUT2D eigenvalue weighted by molar-refractivity contribution is 5.81. The van der Waals surface area contributed by atoms with E-state index in [2.05, 4.69) is 0 Å². The number of phenolic OH excluding ortho intramolecular Hbond substituents is 2. The second-order valence-electron chi connectivity index (χ2n) is 4.85. The number of fused-ring (bicyclic) bond motifs is 1. The van der Waals surface area contributed by atoms with Crippen molar-refractivity contribution in [1.29, 1.82) is 0 Å². The Bertz CT molecular complexity index is 937. The highest BCUT2D eigenvalue weighted by Crippen LogP contribution is 2.31. The lowest BCUT2D eigenvalue weighted by Crippen LogP contribution is -2.07. The van der Waals surface area contributed by atoms with E-state index in [1.54, 1.807) is 0 Å². The third kappa shape index (κ3) is 2.09. The summed E-state index contributed by atoms with van der Waals surface area (Å²) >= 11 is 0. The molecule has 0 spiro atoms. The van der Waals surface area contributed by atoms with Gasteiger partial charge in [-0.1, -0.05) is 0 Å². The van der Waals surface area contributed by atoms with E-state index < -0.39 is 17.4 Å². The summed E-state index contributed by atoms with van der Waals surface area (Å²) in [5, 5.41) is 18.8. The van der Waals surface area contributed by atoms with Crippen LogP contribution in [0.5, 0.6) is 11.5 Å². The smallest absolute Gasteiger partial charge is 0.196 e. The molecule has 3 aromatic rings. The Hall–Kier alpha value is -2.89. The van der Waals surface area contributed by atoms with Crippen LogP contribution in [-0.4, -0.2) is 10.2 Å². The molecule has 0 saturated heterocycles. The fourth-order valence-electron chi connectivity index (χ4n) is 2.25. The van der Waals surface area contributed by atoms with Crippen molar-refractivity contribution in [3.63, 3.8) is 0 Å². The topological polar surface area (TPSA) is 70.7 Å². The minimum atomic E-state index is -1.16. The molecule has 6 heteroatoms. The van der Waals surface area contributed by atoms with Crippen LogP contribution in [0.4, 0.5) is 8.78 Å². The molecule has 0 aliphatic carbocycles. The summed E-state index contributed by atoms with van der Waals surface area (Å²) in [6, 6.07) is 5.74. The molecule has 1 aromatic heterocycles. The van der Waals surface area contributed by atoms with Gasteiger partial charge in [0.1, 0.15) is 17.1 Å². The maximum atomic E-state index is 13.5. The predicted octanol–water partition coefficient (Wildman–Crippen LogP) is 3.46. The van der Waals surface area contributed by atoms with Crippen molar-refractivity contribution >= 4 is 11.0 Å². The Kier molecular flexibility index (Phi) is 3.09. The first-order valence-corrected chi connectivity index (χ1v) is 6.33. The number of hydrogen-bond donors (Lipinski definition) is 2. The number of phenols is 2. The summed E-state index contributed by atoms with van der Waals surface area (Å²) < 4.78 is 32.5. The molecule has 22 heavy (non-hydrogen) atoms. The van der Waals surface area contributed by atoms with Crippen LogP contribution in [0.1, 0.15) is 5.56 Å². The Morgan fingerprint density at radius 2 is 1.68 bits per heavy atom. The number of hydrogen-bond acceptors (Lipinski definition) is 4. The molecule has 2 N–H and O–H groups in total. The maximum Gasteiger partial charge on any atom is 0.196 e. The van der Waals surface area contributed by atoms with Gasteiger partial charge in [0.05, 0.1) is 5.39 Å². The molecule has 1 heterocycles. The SMILES string of the molecule is Cc1c(-c2cc(F)c(O)c(F)c2)oc2cc(O)ccc2c1=O. The van der Waals surface area contributed by atoms with Gasteiger partial charge < -0.3 is 14.6 Å². The number of benzene rings is 2. The van der Waals surface area contributed by atoms with E-state index in [9.17, 15) is 18.7 Å². The van der Waals surface area contributed by atoms with Crippen LogP contribution in [-0.2, 0) is 0 Å². The van der Waals surface area contributed by atoms with Gasteiger partial charge in [-0.2, -0.15) is 0 Å². The van der Waals surface area contributed by atoms with Gasteiger partial charge in [-0.25, -0.2) is 8.78 Å². The van der Waals surface area contributed by atoms with Crippen LogP contribution in [0.25, 0.3) is 22.3 Å². The van der Waals surface area contributed by atoms with E-state index in [4.69, 9.17) is 9.52 Å². The molecule has 112 valence electrons. The molecule has 0 bridgehead atoms. The Balaban J connectivity index is 2.36. The monoisotopic (exact) mass is 304 g/mol. The zero-order chi connectivity index (χ0) is 16.0. The maximum absolute atomic E-state index is 13.5. The largest absolute Gasteiger partial charge is 0.508 e. The Morgan fingerprint density at radius 1 is 1.05 bits per heavy atom. The van der Waals surface area contributed by atoms with E-state index >= 15 is 0 Å². The highest BCUT2D eigenvalue weighted by atomic mass is 19.1. The lowest BCUT2D eigenvalue weighted by atomic mass is 10.0. The van der Waals surface area contributed by atoms with E-state index in [1.165, 1.54) is 25.1 Å². The fourth-order valence-corrected chi connectivity index (χ4v) is 2.25. The zero-order valence-corrected chi connectivity index (χ0v) is 11.4. The summed E-state index contributed by atoms with van der Waals surface area (Å²) in [4.78, 5) is 12.3. The van der Waals surface area contributed by atoms with Gasteiger partial charge in [-0.3, -0.25) is 4.79 Å². The first-order valence-electron chi connectivity index (χ1n) is 6.33. The van der Waals surface area contributed by atoms with E-state index in [1.807, 2.05) is 0 Å². The van der Waals surface area contributed by atoms with Crippen molar-refractivity contribution in [2.45, 2.75) is 6.92 Å². The zero-order valence-electron chi connectivity index (χ0n) is 11.4. The van der Waals surface area contributed by atoms with Crippen molar-refractivity contribution in [3.8, 4) is 22.8 Å². The van der Waals surface area contributed by atoms with E-state index in [-0.39, 0.29) is 39.0 Å². The first kappa shape index (κ1) is 14.1. The molecule has 0 fully saturated rings. The third-order valence-electron chi connectivity index (χ3n) is 3.38. The second kappa shape index (κ2) is 4.84. The molecular weight excluding hydrogens is 294 g/mol. The summed E-state index contributed by atoms with van der Waals surface area (Å²) in [6.45, 7) is 1.47. The average molecular weight is 304 g/mol. The lowest BCUT2D eigenvalue weighted by molar-refractivity contribution is 0.396. The minimum absolute atomic E-state index is 0.0207. The predicted molar refractivity (Wildman–Crippen MR) is 75.9 cm³/mol.